The van der Waals surface area contributed by atoms with E-state index in [0.29, 0.717) is 0 Å². The van der Waals surface area contributed by atoms with Crippen molar-refractivity contribution in [3.8, 4) is 0 Å². The minimum absolute atomic E-state index is 0.768. The number of hydrogen-bond acceptors (Lipinski definition) is 3. The summed E-state index contributed by atoms with van der Waals surface area (Å²) in [4.78, 5) is 2.66. The van der Waals surface area contributed by atoms with E-state index in [9.17, 15) is 0 Å². The van der Waals surface area contributed by atoms with Crippen LogP contribution in [0.3, 0.4) is 0 Å². The van der Waals surface area contributed by atoms with Crippen LogP contribution in [0.5, 0.6) is 0 Å². The summed E-state index contributed by atoms with van der Waals surface area (Å²) in [7, 11) is 2.36. The molecule has 0 radical (unpaired) electrons. The fraction of sp³-hybridized carbons (Fsp3) is 1.00. The highest BCUT2D eigenvalue weighted by Crippen LogP contribution is 2.33. The first-order valence-corrected chi connectivity index (χ1v) is 9.41. The van der Waals surface area contributed by atoms with E-state index in [-0.39, 0.29) is 0 Å². The van der Waals surface area contributed by atoms with Gasteiger partial charge in [0.2, 0.25) is 0 Å². The summed E-state index contributed by atoms with van der Waals surface area (Å²) in [5.74, 6) is 4.57. The lowest BCUT2D eigenvalue weighted by molar-refractivity contribution is 0.135. The lowest BCUT2D eigenvalue weighted by Gasteiger charge is -2.39. The second kappa shape index (κ2) is 7.90. The van der Waals surface area contributed by atoms with Crippen molar-refractivity contribution in [2.75, 3.05) is 31.6 Å². The normalized spacial score (nSPS) is 36.0. The number of rotatable bonds is 6. The van der Waals surface area contributed by atoms with Gasteiger partial charge in [0.1, 0.15) is 0 Å². The minimum Gasteiger partial charge on any atom is -0.314 e. The Bertz CT molecular complexity index is 253. The van der Waals surface area contributed by atoms with E-state index in [4.69, 9.17) is 0 Å². The van der Waals surface area contributed by atoms with Gasteiger partial charge in [-0.2, -0.15) is 11.8 Å². The molecule has 3 heteroatoms. The Kier molecular flexibility index (Phi) is 6.51. The third-order valence-corrected chi connectivity index (χ3v) is 6.33. The van der Waals surface area contributed by atoms with Gasteiger partial charge in [-0.15, -0.1) is 0 Å². The maximum Gasteiger partial charge on any atom is 0.0191 e. The molecule has 4 unspecified atom stereocenters. The Balaban J connectivity index is 1.88. The molecule has 4 atom stereocenters. The lowest BCUT2D eigenvalue weighted by Crippen LogP contribution is -2.47. The third-order valence-electron chi connectivity index (χ3n) is 5.19. The smallest absolute Gasteiger partial charge is 0.0191 e. The number of nitrogens with zero attached hydrogens (tertiary/aromatic N) is 1. The zero-order chi connectivity index (χ0) is 13.7. The lowest BCUT2D eigenvalue weighted by atomic mass is 9.76. The highest BCUT2D eigenvalue weighted by molar-refractivity contribution is 7.99. The fourth-order valence-corrected chi connectivity index (χ4v) is 5.15. The first kappa shape index (κ1) is 15.7. The summed E-state index contributed by atoms with van der Waals surface area (Å²) in [5.41, 5.74) is 0. The van der Waals surface area contributed by atoms with E-state index in [1.807, 2.05) is 0 Å². The van der Waals surface area contributed by atoms with Crippen LogP contribution in [0.15, 0.2) is 0 Å². The second-order valence-electron chi connectivity index (χ2n) is 6.47. The molecule has 1 N–H and O–H groups in total. The molecule has 1 heterocycles. The monoisotopic (exact) mass is 284 g/mol. The van der Waals surface area contributed by atoms with E-state index in [2.05, 4.69) is 42.9 Å². The Morgan fingerprint density at radius 1 is 1.21 bits per heavy atom. The van der Waals surface area contributed by atoms with Crippen LogP contribution in [0, 0.1) is 11.8 Å². The van der Waals surface area contributed by atoms with E-state index in [1.54, 1.807) is 0 Å². The van der Waals surface area contributed by atoms with Gasteiger partial charge in [0.15, 0.2) is 0 Å². The summed E-state index contributed by atoms with van der Waals surface area (Å²) in [5, 5.41) is 3.74. The van der Waals surface area contributed by atoms with Crippen LogP contribution in [-0.2, 0) is 0 Å². The van der Waals surface area contributed by atoms with Crippen LogP contribution in [0.2, 0.25) is 0 Å². The van der Waals surface area contributed by atoms with Gasteiger partial charge in [0.05, 0.1) is 0 Å². The Morgan fingerprint density at radius 3 is 2.68 bits per heavy atom. The molecule has 0 bridgehead atoms. The van der Waals surface area contributed by atoms with E-state index in [1.165, 1.54) is 50.2 Å². The van der Waals surface area contributed by atoms with Crippen LogP contribution < -0.4 is 5.32 Å². The SMILES string of the molecule is CCNC1CCC(CC)CC1CN(C)C1CCSC1. The average molecular weight is 285 g/mol. The van der Waals surface area contributed by atoms with Gasteiger partial charge in [-0.3, -0.25) is 0 Å². The zero-order valence-corrected chi connectivity index (χ0v) is 13.8. The summed E-state index contributed by atoms with van der Waals surface area (Å²) < 4.78 is 0. The van der Waals surface area contributed by atoms with Crippen molar-refractivity contribution in [3.05, 3.63) is 0 Å². The fourth-order valence-electron chi connectivity index (χ4n) is 3.85. The molecule has 2 nitrogen and oxygen atoms in total. The second-order valence-corrected chi connectivity index (χ2v) is 7.62. The van der Waals surface area contributed by atoms with Crippen molar-refractivity contribution in [1.29, 1.82) is 0 Å². The van der Waals surface area contributed by atoms with Gasteiger partial charge in [-0.25, -0.2) is 0 Å². The highest BCUT2D eigenvalue weighted by Gasteiger charge is 2.31. The molecule has 1 aliphatic carbocycles. The van der Waals surface area contributed by atoms with E-state index < -0.39 is 0 Å². The van der Waals surface area contributed by atoms with Crippen molar-refractivity contribution >= 4 is 11.8 Å². The van der Waals surface area contributed by atoms with Crippen LogP contribution in [0.25, 0.3) is 0 Å². The molecule has 1 saturated heterocycles. The van der Waals surface area contributed by atoms with Gasteiger partial charge >= 0.3 is 0 Å². The maximum atomic E-state index is 3.74. The standard InChI is InChI=1S/C16H32N2S/c1-4-13-6-7-16(17-5-2)14(10-13)11-18(3)15-8-9-19-12-15/h13-17H,4-12H2,1-3H3. The van der Waals surface area contributed by atoms with Crippen molar-refractivity contribution in [2.45, 2.75) is 58.0 Å². The molecule has 0 aromatic heterocycles. The molecule has 0 spiro atoms. The highest BCUT2D eigenvalue weighted by atomic mass is 32.2. The van der Waals surface area contributed by atoms with Gasteiger partial charge in [-0.05, 0) is 56.9 Å². The quantitative estimate of drug-likeness (QED) is 0.806. The van der Waals surface area contributed by atoms with Crippen LogP contribution >= 0.6 is 11.8 Å². The van der Waals surface area contributed by atoms with Crippen molar-refractivity contribution in [3.63, 3.8) is 0 Å². The Labute approximate surface area is 124 Å². The largest absolute Gasteiger partial charge is 0.314 e. The molecule has 1 aliphatic heterocycles. The number of hydrogen-bond donors (Lipinski definition) is 1. The molecule has 112 valence electrons. The third kappa shape index (κ3) is 4.37. The first-order valence-electron chi connectivity index (χ1n) is 8.25. The molecule has 0 aromatic carbocycles. The molecule has 2 aliphatic rings. The molecule has 2 fully saturated rings. The molecule has 1 saturated carbocycles. The number of nitrogens with one attached hydrogen (secondary N) is 1. The van der Waals surface area contributed by atoms with Gasteiger partial charge in [-0.1, -0.05) is 20.3 Å². The van der Waals surface area contributed by atoms with Crippen LogP contribution in [-0.4, -0.2) is 48.6 Å². The van der Waals surface area contributed by atoms with E-state index >= 15 is 0 Å². The summed E-state index contributed by atoms with van der Waals surface area (Å²) in [6.45, 7) is 7.05. The maximum absolute atomic E-state index is 3.74. The summed E-state index contributed by atoms with van der Waals surface area (Å²) in [6.07, 6.45) is 7.05. The molecular formula is C16H32N2S. The molecule has 19 heavy (non-hydrogen) atoms. The molecule has 0 amide bonds. The summed E-state index contributed by atoms with van der Waals surface area (Å²) >= 11 is 2.13. The van der Waals surface area contributed by atoms with Crippen LogP contribution in [0.4, 0.5) is 0 Å². The zero-order valence-electron chi connectivity index (χ0n) is 13.0. The topological polar surface area (TPSA) is 15.3 Å². The first-order chi connectivity index (χ1) is 9.24. The molecule has 2 rings (SSSR count). The molecular weight excluding hydrogens is 252 g/mol. The summed E-state index contributed by atoms with van der Waals surface area (Å²) in [6, 6.07) is 1.61. The van der Waals surface area contributed by atoms with Crippen molar-refractivity contribution in [1.82, 2.24) is 10.2 Å². The average Bonchev–Trinajstić information content (AvgIpc) is 2.95. The predicted molar refractivity (Wildman–Crippen MR) is 86.9 cm³/mol. The van der Waals surface area contributed by atoms with Crippen molar-refractivity contribution < 1.29 is 0 Å². The van der Waals surface area contributed by atoms with Gasteiger partial charge < -0.3 is 10.2 Å². The Hall–Kier alpha value is 0.270. The van der Waals surface area contributed by atoms with Crippen LogP contribution in [0.1, 0.15) is 46.0 Å². The minimum atomic E-state index is 0.768. The number of thioether (sulfide) groups is 1. The Morgan fingerprint density at radius 2 is 2.05 bits per heavy atom. The predicted octanol–water partition coefficient (Wildman–Crippen LogP) is 3.23. The van der Waals surface area contributed by atoms with Gasteiger partial charge in [0.25, 0.3) is 0 Å². The van der Waals surface area contributed by atoms with E-state index in [0.717, 1.165) is 30.5 Å². The van der Waals surface area contributed by atoms with Crippen molar-refractivity contribution in [2.24, 2.45) is 11.8 Å². The van der Waals surface area contributed by atoms with Gasteiger partial charge in [0, 0.05) is 24.4 Å². The molecule has 0 aromatic rings.